The maximum absolute atomic E-state index is 12.3. The monoisotopic (exact) mass is 359 g/mol. The van der Waals surface area contributed by atoms with E-state index in [-0.39, 0.29) is 36.3 Å². The Hall–Kier alpha value is -2.57. The molecule has 1 heterocycles. The lowest BCUT2D eigenvalue weighted by Crippen LogP contribution is -2.52. The zero-order valence-corrected chi connectivity index (χ0v) is 15.0. The van der Waals surface area contributed by atoms with Crippen LogP contribution in [0.4, 0.5) is 4.79 Å². The maximum atomic E-state index is 12.3. The second kappa shape index (κ2) is 8.21. The second-order valence-electron chi connectivity index (χ2n) is 6.64. The van der Waals surface area contributed by atoms with Gasteiger partial charge in [-0.05, 0) is 24.8 Å². The molecule has 0 bridgehead atoms. The average Bonchev–Trinajstić information content (AvgIpc) is 3.48. The number of ether oxygens (including phenoxy) is 1. The van der Waals surface area contributed by atoms with Gasteiger partial charge in [0, 0.05) is 32.1 Å². The summed E-state index contributed by atoms with van der Waals surface area (Å²) in [6, 6.07) is 9.98. The molecule has 0 radical (unpaired) electrons. The van der Waals surface area contributed by atoms with Crippen LogP contribution in [0.5, 0.6) is 0 Å². The van der Waals surface area contributed by atoms with Gasteiger partial charge in [-0.25, -0.2) is 4.79 Å². The summed E-state index contributed by atoms with van der Waals surface area (Å²) >= 11 is 0. The van der Waals surface area contributed by atoms with Gasteiger partial charge in [-0.3, -0.25) is 9.59 Å². The van der Waals surface area contributed by atoms with Gasteiger partial charge < -0.3 is 19.9 Å². The van der Waals surface area contributed by atoms with Crippen molar-refractivity contribution in [1.29, 1.82) is 0 Å². The molecule has 140 valence electrons. The molecule has 26 heavy (non-hydrogen) atoms. The van der Waals surface area contributed by atoms with E-state index in [9.17, 15) is 14.4 Å². The largest absolute Gasteiger partial charge is 0.450 e. The van der Waals surface area contributed by atoms with Gasteiger partial charge in [0.05, 0.1) is 13.2 Å². The Bertz CT molecular complexity index is 656. The molecule has 1 aromatic carbocycles. The quantitative estimate of drug-likeness (QED) is 0.857. The molecule has 2 unspecified atom stereocenters. The number of nitrogens with one attached hydrogen (secondary N) is 1. The number of rotatable bonds is 5. The highest BCUT2D eigenvalue weighted by molar-refractivity contribution is 5.88. The number of amides is 3. The third-order valence-electron chi connectivity index (χ3n) is 4.93. The van der Waals surface area contributed by atoms with E-state index in [0.717, 1.165) is 6.42 Å². The highest BCUT2D eigenvalue weighted by atomic mass is 16.6. The summed E-state index contributed by atoms with van der Waals surface area (Å²) in [5, 5.41) is 2.76. The minimum Gasteiger partial charge on any atom is -0.450 e. The van der Waals surface area contributed by atoms with Gasteiger partial charge in [-0.2, -0.15) is 0 Å². The van der Waals surface area contributed by atoms with Crippen LogP contribution in [0.1, 0.15) is 24.8 Å². The number of piperazine rings is 1. The minimum absolute atomic E-state index is 0.0102. The second-order valence-corrected chi connectivity index (χ2v) is 6.64. The zero-order valence-electron chi connectivity index (χ0n) is 15.0. The van der Waals surface area contributed by atoms with Gasteiger partial charge in [-0.15, -0.1) is 0 Å². The van der Waals surface area contributed by atoms with E-state index in [2.05, 4.69) is 5.32 Å². The molecule has 3 amide bonds. The lowest BCUT2D eigenvalue weighted by molar-refractivity contribution is -0.134. The van der Waals surface area contributed by atoms with Crippen molar-refractivity contribution in [3.63, 3.8) is 0 Å². The van der Waals surface area contributed by atoms with Crippen LogP contribution in [-0.4, -0.2) is 67.0 Å². The summed E-state index contributed by atoms with van der Waals surface area (Å²) in [5.74, 6) is 0.0569. The Balaban J connectivity index is 1.38. The van der Waals surface area contributed by atoms with Crippen LogP contribution in [-0.2, 0) is 14.3 Å². The van der Waals surface area contributed by atoms with Crippen molar-refractivity contribution in [3.05, 3.63) is 35.9 Å². The first kappa shape index (κ1) is 18.2. The fourth-order valence-electron chi connectivity index (χ4n) is 3.31. The zero-order chi connectivity index (χ0) is 18.5. The molecule has 2 fully saturated rings. The van der Waals surface area contributed by atoms with Crippen molar-refractivity contribution in [2.24, 2.45) is 5.92 Å². The van der Waals surface area contributed by atoms with Crippen LogP contribution in [0.2, 0.25) is 0 Å². The van der Waals surface area contributed by atoms with Gasteiger partial charge in [-0.1, -0.05) is 30.3 Å². The molecule has 7 heteroatoms. The molecule has 1 aliphatic carbocycles. The molecule has 0 aromatic heterocycles. The van der Waals surface area contributed by atoms with Gasteiger partial charge in [0.15, 0.2) is 0 Å². The summed E-state index contributed by atoms with van der Waals surface area (Å²) in [4.78, 5) is 39.5. The minimum atomic E-state index is -0.339. The van der Waals surface area contributed by atoms with Crippen molar-refractivity contribution < 1.29 is 19.1 Å². The predicted octanol–water partition coefficient (Wildman–Crippen LogP) is 1.21. The summed E-state index contributed by atoms with van der Waals surface area (Å²) in [5.41, 5.74) is 1.18. The highest BCUT2D eigenvalue weighted by Gasteiger charge is 2.43. The Morgan fingerprint density at radius 3 is 2.38 bits per heavy atom. The Labute approximate surface area is 153 Å². The average molecular weight is 359 g/mol. The highest BCUT2D eigenvalue weighted by Crippen LogP contribution is 2.47. The molecule has 2 atom stereocenters. The van der Waals surface area contributed by atoms with E-state index in [1.165, 1.54) is 5.56 Å². The molecule has 0 spiro atoms. The summed E-state index contributed by atoms with van der Waals surface area (Å²) < 4.78 is 4.96. The smallest absolute Gasteiger partial charge is 0.409 e. The molecule has 1 saturated carbocycles. The van der Waals surface area contributed by atoms with Crippen LogP contribution in [0.3, 0.4) is 0 Å². The first-order chi connectivity index (χ1) is 12.6. The molecule has 2 aliphatic rings. The van der Waals surface area contributed by atoms with Crippen LogP contribution < -0.4 is 5.32 Å². The van der Waals surface area contributed by atoms with Gasteiger partial charge in [0.2, 0.25) is 11.8 Å². The third kappa shape index (κ3) is 4.33. The van der Waals surface area contributed by atoms with Crippen LogP contribution in [0.15, 0.2) is 30.3 Å². The summed E-state index contributed by atoms with van der Waals surface area (Å²) in [7, 11) is 0. The van der Waals surface area contributed by atoms with E-state index in [4.69, 9.17) is 4.74 Å². The summed E-state index contributed by atoms with van der Waals surface area (Å²) in [6.45, 7) is 3.95. The molecule has 1 aliphatic heterocycles. The molecule has 7 nitrogen and oxygen atoms in total. The molecular formula is C19H25N3O4. The van der Waals surface area contributed by atoms with E-state index in [0.29, 0.717) is 32.8 Å². The molecule has 1 N–H and O–H groups in total. The standard InChI is InChI=1S/C19H25N3O4/c1-2-26-19(25)22-10-8-21(9-11-22)17(23)13-20-18(24)16-12-15(16)14-6-4-3-5-7-14/h3-7,15-16H,2,8-13H2,1H3,(H,20,24). The lowest BCUT2D eigenvalue weighted by Gasteiger charge is -2.34. The SMILES string of the molecule is CCOC(=O)N1CCN(C(=O)CNC(=O)C2CC2c2ccccc2)CC1. The van der Waals surface area contributed by atoms with E-state index in [1.54, 1.807) is 16.7 Å². The van der Waals surface area contributed by atoms with E-state index >= 15 is 0 Å². The van der Waals surface area contributed by atoms with Crippen molar-refractivity contribution in [1.82, 2.24) is 15.1 Å². The number of hydrogen-bond donors (Lipinski definition) is 1. The fourth-order valence-corrected chi connectivity index (χ4v) is 3.31. The Morgan fingerprint density at radius 1 is 1.08 bits per heavy atom. The lowest BCUT2D eigenvalue weighted by atomic mass is 10.1. The maximum Gasteiger partial charge on any atom is 0.409 e. The normalized spacial score (nSPS) is 21.9. The molecular weight excluding hydrogens is 334 g/mol. The van der Waals surface area contributed by atoms with Crippen LogP contribution in [0.25, 0.3) is 0 Å². The topological polar surface area (TPSA) is 79.0 Å². The first-order valence-corrected chi connectivity index (χ1v) is 9.12. The number of carbonyl (C=O) groups is 3. The van der Waals surface area contributed by atoms with Crippen molar-refractivity contribution in [2.75, 3.05) is 39.3 Å². The Kier molecular flexibility index (Phi) is 5.75. The van der Waals surface area contributed by atoms with Crippen LogP contribution >= 0.6 is 0 Å². The predicted molar refractivity (Wildman–Crippen MR) is 95.5 cm³/mol. The van der Waals surface area contributed by atoms with Gasteiger partial charge in [0.25, 0.3) is 0 Å². The van der Waals surface area contributed by atoms with Crippen molar-refractivity contribution in [2.45, 2.75) is 19.3 Å². The molecule has 3 rings (SSSR count). The van der Waals surface area contributed by atoms with Crippen LogP contribution in [0, 0.1) is 5.92 Å². The fraction of sp³-hybridized carbons (Fsp3) is 0.526. The van der Waals surface area contributed by atoms with E-state index in [1.807, 2.05) is 30.3 Å². The number of nitrogens with zero attached hydrogens (tertiary/aromatic N) is 2. The van der Waals surface area contributed by atoms with Crippen molar-refractivity contribution in [3.8, 4) is 0 Å². The van der Waals surface area contributed by atoms with Crippen molar-refractivity contribution >= 4 is 17.9 Å². The number of hydrogen-bond acceptors (Lipinski definition) is 4. The third-order valence-corrected chi connectivity index (χ3v) is 4.93. The van der Waals surface area contributed by atoms with Gasteiger partial charge in [0.1, 0.15) is 0 Å². The first-order valence-electron chi connectivity index (χ1n) is 9.12. The number of carbonyl (C=O) groups excluding carboxylic acids is 3. The number of benzene rings is 1. The van der Waals surface area contributed by atoms with E-state index < -0.39 is 0 Å². The Morgan fingerprint density at radius 2 is 1.73 bits per heavy atom. The van der Waals surface area contributed by atoms with Gasteiger partial charge >= 0.3 is 6.09 Å². The molecule has 1 aromatic rings. The molecule has 1 saturated heterocycles. The summed E-state index contributed by atoms with van der Waals surface area (Å²) in [6.07, 6.45) is 0.496.